The molecule has 0 atom stereocenters. The van der Waals surface area contributed by atoms with E-state index in [0.717, 1.165) is 19.5 Å². The second-order valence-electron chi connectivity index (χ2n) is 6.37. The van der Waals surface area contributed by atoms with Crippen molar-refractivity contribution in [1.82, 2.24) is 10.2 Å². The average molecular weight is 440 g/mol. The SMILES string of the molecule is CCCCNC(N)=NCC1(N2CCSCC2)CCCCC1.I. The summed E-state index contributed by atoms with van der Waals surface area (Å²) in [6.45, 7) is 6.47. The van der Waals surface area contributed by atoms with E-state index in [0.29, 0.717) is 5.96 Å². The van der Waals surface area contributed by atoms with Gasteiger partial charge in [-0.2, -0.15) is 11.8 Å². The van der Waals surface area contributed by atoms with Crippen LogP contribution in [-0.4, -0.2) is 54.1 Å². The van der Waals surface area contributed by atoms with E-state index in [1.165, 1.54) is 63.1 Å². The number of nitrogens with one attached hydrogen (secondary N) is 1. The van der Waals surface area contributed by atoms with E-state index >= 15 is 0 Å². The van der Waals surface area contributed by atoms with Crippen LogP contribution in [-0.2, 0) is 0 Å². The smallest absolute Gasteiger partial charge is 0.188 e. The minimum absolute atomic E-state index is 0. The molecule has 0 unspecified atom stereocenters. The zero-order valence-corrected chi connectivity index (χ0v) is 17.1. The summed E-state index contributed by atoms with van der Waals surface area (Å²) in [6.07, 6.45) is 9.02. The number of guanidine groups is 1. The largest absolute Gasteiger partial charge is 0.370 e. The quantitative estimate of drug-likeness (QED) is 0.289. The number of nitrogens with two attached hydrogens (primary N) is 1. The zero-order chi connectivity index (χ0) is 15.0. The molecular weight excluding hydrogens is 407 g/mol. The van der Waals surface area contributed by atoms with Crippen LogP contribution in [0, 0.1) is 0 Å². The van der Waals surface area contributed by atoms with E-state index in [-0.39, 0.29) is 29.5 Å². The van der Waals surface area contributed by atoms with Crippen molar-refractivity contribution in [1.29, 1.82) is 0 Å². The van der Waals surface area contributed by atoms with Gasteiger partial charge in [-0.15, -0.1) is 24.0 Å². The second kappa shape index (κ2) is 11.0. The summed E-state index contributed by atoms with van der Waals surface area (Å²) in [5, 5.41) is 3.25. The lowest BCUT2D eigenvalue weighted by Gasteiger charge is -2.47. The van der Waals surface area contributed by atoms with E-state index in [9.17, 15) is 0 Å². The molecule has 1 saturated carbocycles. The van der Waals surface area contributed by atoms with E-state index in [2.05, 4.69) is 28.9 Å². The van der Waals surface area contributed by atoms with Gasteiger partial charge in [0.05, 0.1) is 6.54 Å². The van der Waals surface area contributed by atoms with Crippen LogP contribution in [0.5, 0.6) is 0 Å². The minimum atomic E-state index is 0. The minimum Gasteiger partial charge on any atom is -0.370 e. The number of unbranched alkanes of at least 4 members (excludes halogenated alkanes) is 1. The van der Waals surface area contributed by atoms with Crippen LogP contribution in [0.15, 0.2) is 4.99 Å². The molecule has 0 aromatic rings. The topological polar surface area (TPSA) is 53.6 Å². The van der Waals surface area contributed by atoms with Crippen LogP contribution < -0.4 is 11.1 Å². The van der Waals surface area contributed by atoms with Crippen LogP contribution in [0.4, 0.5) is 0 Å². The van der Waals surface area contributed by atoms with Gasteiger partial charge < -0.3 is 11.1 Å². The van der Waals surface area contributed by atoms with Crippen molar-refractivity contribution in [2.24, 2.45) is 10.7 Å². The first-order valence-corrected chi connectivity index (χ1v) is 9.79. The molecule has 0 aromatic carbocycles. The molecule has 1 heterocycles. The van der Waals surface area contributed by atoms with Gasteiger partial charge >= 0.3 is 0 Å². The first-order chi connectivity index (χ1) is 10.3. The molecule has 0 aromatic heterocycles. The molecule has 22 heavy (non-hydrogen) atoms. The molecule has 0 spiro atoms. The molecule has 6 heteroatoms. The predicted molar refractivity (Wildman–Crippen MR) is 110 cm³/mol. The van der Waals surface area contributed by atoms with E-state index in [1.54, 1.807) is 0 Å². The Balaban J connectivity index is 0.00000242. The normalized spacial score (nSPS) is 22.9. The monoisotopic (exact) mass is 440 g/mol. The number of thioether (sulfide) groups is 1. The molecule has 3 N–H and O–H groups in total. The number of rotatable bonds is 6. The highest BCUT2D eigenvalue weighted by Gasteiger charge is 2.38. The molecule has 0 radical (unpaired) electrons. The molecule has 1 saturated heterocycles. The molecule has 130 valence electrons. The molecule has 2 aliphatic rings. The van der Waals surface area contributed by atoms with Crippen LogP contribution in [0.1, 0.15) is 51.9 Å². The summed E-state index contributed by atoms with van der Waals surface area (Å²) in [7, 11) is 0. The molecule has 1 aliphatic carbocycles. The predicted octanol–water partition coefficient (Wildman–Crippen LogP) is 3.06. The first kappa shape index (κ1) is 20.4. The van der Waals surface area contributed by atoms with Crippen LogP contribution in [0.2, 0.25) is 0 Å². The summed E-state index contributed by atoms with van der Waals surface area (Å²) in [6, 6.07) is 0. The highest BCUT2D eigenvalue weighted by molar-refractivity contribution is 14.0. The highest BCUT2D eigenvalue weighted by atomic mass is 127. The lowest BCUT2D eigenvalue weighted by Crippen LogP contribution is -2.55. The van der Waals surface area contributed by atoms with Gasteiger partial charge in [-0.05, 0) is 19.3 Å². The molecule has 0 amide bonds. The summed E-state index contributed by atoms with van der Waals surface area (Å²) in [4.78, 5) is 7.42. The lowest BCUT2D eigenvalue weighted by atomic mass is 9.80. The standard InChI is InChI=1S/C16H32N4S.HI/c1-2-3-9-18-15(17)19-14-16(7-5-4-6-8-16)20-10-12-21-13-11-20;/h2-14H2,1H3,(H3,17,18,19);1H. The Morgan fingerprint density at radius 2 is 1.91 bits per heavy atom. The fraction of sp³-hybridized carbons (Fsp3) is 0.938. The van der Waals surface area contributed by atoms with E-state index in [4.69, 9.17) is 10.7 Å². The van der Waals surface area contributed by atoms with Crippen LogP contribution in [0.25, 0.3) is 0 Å². The third kappa shape index (κ3) is 6.07. The third-order valence-corrected chi connectivity index (χ3v) is 5.79. The van der Waals surface area contributed by atoms with Gasteiger partial charge in [0.25, 0.3) is 0 Å². The Kier molecular flexibility index (Phi) is 10.1. The maximum Gasteiger partial charge on any atom is 0.188 e. The summed E-state index contributed by atoms with van der Waals surface area (Å²) in [5.41, 5.74) is 6.32. The fourth-order valence-electron chi connectivity index (χ4n) is 3.50. The van der Waals surface area contributed by atoms with Crippen molar-refractivity contribution in [2.75, 3.05) is 37.7 Å². The number of aliphatic imine (C=N–C) groups is 1. The Morgan fingerprint density at radius 3 is 2.55 bits per heavy atom. The zero-order valence-electron chi connectivity index (χ0n) is 14.0. The van der Waals surface area contributed by atoms with E-state index in [1.807, 2.05) is 0 Å². The molecule has 0 bridgehead atoms. The second-order valence-corrected chi connectivity index (χ2v) is 7.59. The van der Waals surface area contributed by atoms with Gasteiger partial charge in [-0.3, -0.25) is 9.89 Å². The number of hydrogen-bond donors (Lipinski definition) is 2. The van der Waals surface area contributed by atoms with E-state index < -0.39 is 0 Å². The van der Waals surface area contributed by atoms with Crippen molar-refractivity contribution in [3.63, 3.8) is 0 Å². The Morgan fingerprint density at radius 1 is 1.23 bits per heavy atom. The Bertz CT molecular complexity index is 326. The average Bonchev–Trinajstić information content (AvgIpc) is 2.55. The summed E-state index contributed by atoms with van der Waals surface area (Å²) in [5.74, 6) is 3.19. The Labute approximate surface area is 157 Å². The van der Waals surface area contributed by atoms with Crippen LogP contribution in [0.3, 0.4) is 0 Å². The van der Waals surface area contributed by atoms with Crippen LogP contribution >= 0.6 is 35.7 Å². The maximum absolute atomic E-state index is 6.04. The van der Waals surface area contributed by atoms with Crippen molar-refractivity contribution < 1.29 is 0 Å². The van der Waals surface area contributed by atoms with Crippen molar-refractivity contribution >= 4 is 41.7 Å². The van der Waals surface area contributed by atoms with Gasteiger partial charge in [-0.1, -0.05) is 32.6 Å². The summed E-state index contributed by atoms with van der Waals surface area (Å²) < 4.78 is 0. The van der Waals surface area contributed by atoms with Gasteiger partial charge in [0.1, 0.15) is 0 Å². The third-order valence-electron chi connectivity index (χ3n) is 4.85. The molecule has 4 nitrogen and oxygen atoms in total. The van der Waals surface area contributed by atoms with Gasteiger partial charge in [0.15, 0.2) is 5.96 Å². The Hall–Kier alpha value is 0.310. The number of nitrogens with zero attached hydrogens (tertiary/aromatic N) is 2. The van der Waals surface area contributed by atoms with Crippen molar-refractivity contribution in [3.05, 3.63) is 0 Å². The highest BCUT2D eigenvalue weighted by Crippen LogP contribution is 2.35. The number of hydrogen-bond acceptors (Lipinski definition) is 3. The first-order valence-electron chi connectivity index (χ1n) is 8.63. The van der Waals surface area contributed by atoms with Gasteiger partial charge in [0.2, 0.25) is 0 Å². The maximum atomic E-state index is 6.04. The summed E-state index contributed by atoms with van der Waals surface area (Å²) >= 11 is 2.08. The number of halogens is 1. The van der Waals surface area contributed by atoms with Crippen molar-refractivity contribution in [3.8, 4) is 0 Å². The molecule has 1 aliphatic heterocycles. The molecule has 2 rings (SSSR count). The molecular formula is C16H33IN4S. The van der Waals surface area contributed by atoms with Crippen molar-refractivity contribution in [2.45, 2.75) is 57.4 Å². The van der Waals surface area contributed by atoms with Gasteiger partial charge in [0, 0.05) is 36.7 Å². The lowest BCUT2D eigenvalue weighted by molar-refractivity contribution is 0.0672. The van der Waals surface area contributed by atoms with Gasteiger partial charge in [-0.25, -0.2) is 0 Å². The fourth-order valence-corrected chi connectivity index (χ4v) is 4.41. The molecule has 2 fully saturated rings.